The lowest BCUT2D eigenvalue weighted by molar-refractivity contribution is 0.613. The van der Waals surface area contributed by atoms with E-state index in [9.17, 15) is 4.39 Å². The summed E-state index contributed by atoms with van der Waals surface area (Å²) in [4.78, 5) is 0. The maximum Gasteiger partial charge on any atom is 0.137 e. The fourth-order valence-electron chi connectivity index (χ4n) is 1.63. The molecule has 1 atom stereocenters. The number of nitrogens with zero attached hydrogens (tertiary/aromatic N) is 2. The summed E-state index contributed by atoms with van der Waals surface area (Å²) in [5.74, 6) is -0.351. The average molecular weight is 319 g/mol. The maximum atomic E-state index is 13.4. The van der Waals surface area contributed by atoms with Gasteiger partial charge in [0.1, 0.15) is 5.82 Å². The molecule has 17 heavy (non-hydrogen) atoms. The van der Waals surface area contributed by atoms with E-state index in [-0.39, 0.29) is 5.82 Å². The van der Waals surface area contributed by atoms with E-state index in [2.05, 4.69) is 21.0 Å². The van der Waals surface area contributed by atoms with Crippen molar-refractivity contribution in [3.63, 3.8) is 0 Å². The largest absolute Gasteiger partial charge is 0.319 e. The van der Waals surface area contributed by atoms with Crippen molar-refractivity contribution in [3.05, 3.63) is 51.0 Å². The molecule has 0 spiro atoms. The first-order chi connectivity index (χ1) is 8.00. The Morgan fingerprint density at radius 2 is 2.24 bits per heavy atom. The molecular weight excluding hydrogens is 308 g/mol. The lowest BCUT2D eigenvalue weighted by Gasteiger charge is -2.13. The smallest absolute Gasteiger partial charge is 0.137 e. The number of rotatable bonds is 2. The minimum Gasteiger partial charge on any atom is -0.319 e. The molecule has 2 aromatic rings. The molecule has 1 unspecified atom stereocenters. The number of benzene rings is 1. The monoisotopic (exact) mass is 317 g/mol. The van der Waals surface area contributed by atoms with Crippen LogP contribution in [0.5, 0.6) is 0 Å². The van der Waals surface area contributed by atoms with Gasteiger partial charge in [0.25, 0.3) is 0 Å². The molecule has 1 aromatic carbocycles. The lowest BCUT2D eigenvalue weighted by Crippen LogP contribution is -2.16. The Morgan fingerprint density at radius 3 is 2.76 bits per heavy atom. The molecule has 0 saturated carbocycles. The van der Waals surface area contributed by atoms with Crippen LogP contribution in [-0.4, -0.2) is 9.78 Å². The molecule has 0 aliphatic carbocycles. The molecule has 0 amide bonds. The molecule has 0 saturated heterocycles. The molecule has 2 rings (SSSR count). The second-order valence-corrected chi connectivity index (χ2v) is 4.91. The molecule has 3 nitrogen and oxygen atoms in total. The van der Waals surface area contributed by atoms with Crippen LogP contribution in [0.3, 0.4) is 0 Å². The van der Waals surface area contributed by atoms with E-state index < -0.39 is 6.04 Å². The van der Waals surface area contributed by atoms with Crippen LogP contribution in [0.2, 0.25) is 5.02 Å². The molecule has 1 heterocycles. The topological polar surface area (TPSA) is 43.8 Å². The number of aromatic nitrogens is 2. The lowest BCUT2D eigenvalue weighted by atomic mass is 10.0. The molecule has 0 fully saturated rings. The highest BCUT2D eigenvalue weighted by molar-refractivity contribution is 9.10. The summed E-state index contributed by atoms with van der Waals surface area (Å²) >= 11 is 9.09. The summed E-state index contributed by atoms with van der Waals surface area (Å²) in [6.45, 7) is 0. The third-order valence-electron chi connectivity index (χ3n) is 2.53. The van der Waals surface area contributed by atoms with E-state index in [0.29, 0.717) is 20.8 Å². The van der Waals surface area contributed by atoms with Gasteiger partial charge in [0, 0.05) is 7.05 Å². The first-order valence-electron chi connectivity index (χ1n) is 4.88. The second-order valence-electron chi connectivity index (χ2n) is 3.65. The summed E-state index contributed by atoms with van der Waals surface area (Å²) in [6, 6.07) is 4.26. The van der Waals surface area contributed by atoms with Crippen molar-refractivity contribution in [2.24, 2.45) is 12.8 Å². The number of hydrogen-bond acceptors (Lipinski definition) is 2. The van der Waals surface area contributed by atoms with E-state index in [1.165, 1.54) is 12.3 Å². The zero-order chi connectivity index (χ0) is 12.6. The standard InChI is InChI=1S/C11H10BrClFN3/c1-17-11(8(13)5-16-17)10(15)6-2-3-7(12)9(14)4-6/h2-5,10H,15H2,1H3. The van der Waals surface area contributed by atoms with Gasteiger partial charge in [0.2, 0.25) is 0 Å². The molecule has 1 aromatic heterocycles. The summed E-state index contributed by atoms with van der Waals surface area (Å²) in [6.07, 6.45) is 1.52. The highest BCUT2D eigenvalue weighted by Crippen LogP contribution is 2.27. The zero-order valence-electron chi connectivity index (χ0n) is 8.99. The summed E-state index contributed by atoms with van der Waals surface area (Å²) < 4.78 is 15.4. The number of aryl methyl sites for hydroxylation is 1. The van der Waals surface area contributed by atoms with Crippen molar-refractivity contribution in [1.29, 1.82) is 0 Å². The summed E-state index contributed by atoms with van der Waals surface area (Å²) in [5, 5.41) is 4.48. The van der Waals surface area contributed by atoms with Crippen molar-refractivity contribution < 1.29 is 4.39 Å². The molecule has 0 bridgehead atoms. The van der Waals surface area contributed by atoms with E-state index in [1.54, 1.807) is 23.9 Å². The Kier molecular flexibility index (Phi) is 3.51. The quantitative estimate of drug-likeness (QED) is 0.925. The molecule has 6 heteroatoms. The fraction of sp³-hybridized carbons (Fsp3) is 0.182. The van der Waals surface area contributed by atoms with Gasteiger partial charge in [-0.2, -0.15) is 5.10 Å². The van der Waals surface area contributed by atoms with Gasteiger partial charge in [0.05, 0.1) is 27.4 Å². The van der Waals surface area contributed by atoms with Crippen LogP contribution in [-0.2, 0) is 7.05 Å². The Hall–Kier alpha value is -0.910. The Balaban J connectivity index is 2.43. The first kappa shape index (κ1) is 12.5. The van der Waals surface area contributed by atoms with Crippen LogP contribution in [0.1, 0.15) is 17.3 Å². The number of hydrogen-bond donors (Lipinski definition) is 1. The highest BCUT2D eigenvalue weighted by atomic mass is 79.9. The molecule has 90 valence electrons. The van der Waals surface area contributed by atoms with Gasteiger partial charge in [-0.25, -0.2) is 4.39 Å². The molecule has 2 N–H and O–H groups in total. The van der Waals surface area contributed by atoms with Gasteiger partial charge in [-0.3, -0.25) is 4.68 Å². The summed E-state index contributed by atoms with van der Waals surface area (Å²) in [5.41, 5.74) is 7.36. The van der Waals surface area contributed by atoms with Crippen LogP contribution in [0, 0.1) is 5.82 Å². The first-order valence-corrected chi connectivity index (χ1v) is 6.05. The minimum absolute atomic E-state index is 0.351. The molecule has 0 aliphatic heterocycles. The van der Waals surface area contributed by atoms with Gasteiger partial charge in [-0.15, -0.1) is 0 Å². The van der Waals surface area contributed by atoms with Gasteiger partial charge < -0.3 is 5.73 Å². The van der Waals surface area contributed by atoms with Crippen LogP contribution < -0.4 is 5.73 Å². The predicted molar refractivity (Wildman–Crippen MR) is 68.3 cm³/mol. The van der Waals surface area contributed by atoms with Crippen molar-refractivity contribution in [2.75, 3.05) is 0 Å². The van der Waals surface area contributed by atoms with E-state index >= 15 is 0 Å². The highest BCUT2D eigenvalue weighted by Gasteiger charge is 2.17. The third kappa shape index (κ3) is 2.36. The number of halogens is 3. The van der Waals surface area contributed by atoms with Crippen LogP contribution in [0.25, 0.3) is 0 Å². The van der Waals surface area contributed by atoms with E-state index in [1.807, 2.05) is 0 Å². The van der Waals surface area contributed by atoms with Crippen LogP contribution in [0.4, 0.5) is 4.39 Å². The molecule has 0 aliphatic rings. The second kappa shape index (κ2) is 4.76. The molecular formula is C11H10BrClFN3. The Morgan fingerprint density at radius 1 is 1.53 bits per heavy atom. The van der Waals surface area contributed by atoms with Crippen LogP contribution >= 0.6 is 27.5 Å². The van der Waals surface area contributed by atoms with Gasteiger partial charge >= 0.3 is 0 Å². The van der Waals surface area contributed by atoms with Gasteiger partial charge in [-0.05, 0) is 33.6 Å². The van der Waals surface area contributed by atoms with Crippen molar-refractivity contribution in [2.45, 2.75) is 6.04 Å². The fourth-order valence-corrected chi connectivity index (χ4v) is 2.16. The van der Waals surface area contributed by atoms with E-state index in [0.717, 1.165) is 0 Å². The maximum absolute atomic E-state index is 13.4. The van der Waals surface area contributed by atoms with Crippen molar-refractivity contribution in [1.82, 2.24) is 9.78 Å². The normalized spacial score (nSPS) is 12.8. The third-order valence-corrected chi connectivity index (χ3v) is 3.47. The average Bonchev–Trinajstić information content (AvgIpc) is 2.62. The molecule has 0 radical (unpaired) electrons. The minimum atomic E-state index is -0.502. The summed E-state index contributed by atoms with van der Waals surface area (Å²) in [7, 11) is 1.75. The Bertz CT molecular complexity index is 536. The predicted octanol–water partition coefficient (Wildman–Crippen LogP) is 3.02. The van der Waals surface area contributed by atoms with Gasteiger partial charge in [-0.1, -0.05) is 17.7 Å². The zero-order valence-corrected chi connectivity index (χ0v) is 11.3. The SMILES string of the molecule is Cn1ncc(Cl)c1C(N)c1ccc(Br)c(F)c1. The number of nitrogens with two attached hydrogens (primary N) is 1. The Labute approximate surface area is 112 Å². The van der Waals surface area contributed by atoms with E-state index in [4.69, 9.17) is 17.3 Å². The van der Waals surface area contributed by atoms with Gasteiger partial charge in [0.15, 0.2) is 0 Å². The van der Waals surface area contributed by atoms with Crippen LogP contribution in [0.15, 0.2) is 28.9 Å². The van der Waals surface area contributed by atoms with Crippen molar-refractivity contribution in [3.8, 4) is 0 Å². The van der Waals surface area contributed by atoms with Crippen molar-refractivity contribution >= 4 is 27.5 Å².